The van der Waals surface area contributed by atoms with E-state index < -0.39 is 0 Å². The molecule has 0 radical (unpaired) electrons. The second-order valence-electron chi connectivity index (χ2n) is 4.94. The van der Waals surface area contributed by atoms with E-state index in [0.717, 1.165) is 5.92 Å². The van der Waals surface area contributed by atoms with Crippen molar-refractivity contribution in [3.05, 3.63) is 35.4 Å². The smallest absolute Gasteiger partial charge is 0.00190 e. The number of hydrogen-bond acceptors (Lipinski definition) is 1. The maximum atomic E-state index is 2.44. The van der Waals surface area contributed by atoms with Gasteiger partial charge in [-0.05, 0) is 57.8 Å². The quantitative estimate of drug-likeness (QED) is 0.714. The molecule has 0 N–H and O–H groups in total. The van der Waals surface area contributed by atoms with Crippen molar-refractivity contribution in [2.45, 2.75) is 26.2 Å². The lowest BCUT2D eigenvalue weighted by Gasteiger charge is -2.28. The van der Waals surface area contributed by atoms with E-state index in [1.807, 2.05) is 0 Å². The Morgan fingerprint density at radius 2 is 1.73 bits per heavy atom. The van der Waals surface area contributed by atoms with Crippen molar-refractivity contribution >= 4 is 0 Å². The highest BCUT2D eigenvalue weighted by atomic mass is 15.1. The summed E-state index contributed by atoms with van der Waals surface area (Å²) in [6.45, 7) is 4.70. The lowest BCUT2D eigenvalue weighted by molar-refractivity contribution is 0.219. The first-order chi connectivity index (χ1) is 7.24. The Morgan fingerprint density at radius 3 is 2.33 bits per heavy atom. The Morgan fingerprint density at radius 1 is 1.13 bits per heavy atom. The summed E-state index contributed by atoms with van der Waals surface area (Å²) in [5, 5.41) is 0. The van der Waals surface area contributed by atoms with Crippen LogP contribution in [-0.2, 0) is 6.42 Å². The number of rotatable bonds is 2. The van der Waals surface area contributed by atoms with Gasteiger partial charge in [-0.3, -0.25) is 0 Å². The van der Waals surface area contributed by atoms with Gasteiger partial charge in [0, 0.05) is 0 Å². The molecule has 82 valence electrons. The van der Waals surface area contributed by atoms with E-state index in [1.165, 1.54) is 43.5 Å². The van der Waals surface area contributed by atoms with Crippen LogP contribution in [0.4, 0.5) is 0 Å². The molecular formula is C14H21N. The van der Waals surface area contributed by atoms with Crippen LogP contribution in [0.2, 0.25) is 0 Å². The molecule has 0 amide bonds. The average Bonchev–Trinajstić information content (AvgIpc) is 2.25. The van der Waals surface area contributed by atoms with Gasteiger partial charge in [-0.15, -0.1) is 0 Å². The molecule has 0 saturated carbocycles. The predicted molar refractivity (Wildman–Crippen MR) is 65.1 cm³/mol. The standard InChI is InChI=1S/C14H21N/c1-12-3-5-13(6-4-12)11-14-7-9-15(2)10-8-14/h3-6,14H,7-11H2,1-2H3. The topological polar surface area (TPSA) is 3.24 Å². The molecule has 0 spiro atoms. The van der Waals surface area contributed by atoms with E-state index in [4.69, 9.17) is 0 Å². The van der Waals surface area contributed by atoms with Gasteiger partial charge >= 0.3 is 0 Å². The molecule has 1 aliphatic rings. The molecule has 0 atom stereocenters. The Balaban J connectivity index is 1.89. The summed E-state index contributed by atoms with van der Waals surface area (Å²) in [5.41, 5.74) is 2.87. The van der Waals surface area contributed by atoms with Crippen molar-refractivity contribution in [3.63, 3.8) is 0 Å². The second kappa shape index (κ2) is 4.80. The molecule has 1 heterocycles. The third kappa shape index (κ3) is 3.07. The van der Waals surface area contributed by atoms with Crippen LogP contribution in [-0.4, -0.2) is 25.0 Å². The molecular weight excluding hydrogens is 182 g/mol. The molecule has 1 aromatic rings. The Bertz CT molecular complexity index is 294. The van der Waals surface area contributed by atoms with Crippen LogP contribution in [0.25, 0.3) is 0 Å². The largest absolute Gasteiger partial charge is 0.306 e. The summed E-state index contributed by atoms with van der Waals surface area (Å²) in [7, 11) is 2.22. The monoisotopic (exact) mass is 203 g/mol. The Labute approximate surface area is 93.1 Å². The normalized spacial score (nSPS) is 19.3. The Hall–Kier alpha value is -0.820. The number of piperidine rings is 1. The van der Waals surface area contributed by atoms with Gasteiger partial charge < -0.3 is 4.90 Å². The van der Waals surface area contributed by atoms with E-state index in [2.05, 4.69) is 43.1 Å². The number of hydrogen-bond donors (Lipinski definition) is 0. The molecule has 1 aliphatic heterocycles. The average molecular weight is 203 g/mol. The molecule has 1 aromatic carbocycles. The summed E-state index contributed by atoms with van der Waals surface area (Å²) < 4.78 is 0. The zero-order valence-electron chi connectivity index (χ0n) is 9.87. The highest BCUT2D eigenvalue weighted by molar-refractivity contribution is 5.21. The fourth-order valence-electron chi connectivity index (χ4n) is 2.32. The molecule has 0 aromatic heterocycles. The van der Waals surface area contributed by atoms with Crippen molar-refractivity contribution in [1.82, 2.24) is 4.90 Å². The van der Waals surface area contributed by atoms with Gasteiger partial charge in [0.15, 0.2) is 0 Å². The highest BCUT2D eigenvalue weighted by Gasteiger charge is 2.16. The maximum absolute atomic E-state index is 2.44. The van der Waals surface area contributed by atoms with Gasteiger partial charge in [-0.25, -0.2) is 0 Å². The number of nitrogens with zero attached hydrogens (tertiary/aromatic N) is 1. The van der Waals surface area contributed by atoms with E-state index in [9.17, 15) is 0 Å². The second-order valence-corrected chi connectivity index (χ2v) is 4.94. The summed E-state index contributed by atoms with van der Waals surface area (Å²) in [5.74, 6) is 0.906. The summed E-state index contributed by atoms with van der Waals surface area (Å²) in [4.78, 5) is 2.44. The van der Waals surface area contributed by atoms with Crippen LogP contribution in [0.3, 0.4) is 0 Å². The minimum absolute atomic E-state index is 0.906. The van der Waals surface area contributed by atoms with Gasteiger partial charge in [-0.1, -0.05) is 29.8 Å². The van der Waals surface area contributed by atoms with Crippen LogP contribution in [0, 0.1) is 12.8 Å². The highest BCUT2D eigenvalue weighted by Crippen LogP contribution is 2.20. The SMILES string of the molecule is Cc1ccc(CC2CCN(C)CC2)cc1. The first-order valence-electron chi connectivity index (χ1n) is 5.98. The van der Waals surface area contributed by atoms with Crippen molar-refractivity contribution in [2.24, 2.45) is 5.92 Å². The molecule has 0 unspecified atom stereocenters. The first kappa shape index (κ1) is 10.7. The van der Waals surface area contributed by atoms with Gasteiger partial charge in [0.05, 0.1) is 0 Å². The molecule has 0 aliphatic carbocycles. The molecule has 15 heavy (non-hydrogen) atoms. The molecule has 0 bridgehead atoms. The van der Waals surface area contributed by atoms with Crippen LogP contribution in [0.15, 0.2) is 24.3 Å². The summed E-state index contributed by atoms with van der Waals surface area (Å²) in [6, 6.07) is 9.02. The van der Waals surface area contributed by atoms with Gasteiger partial charge in [-0.2, -0.15) is 0 Å². The number of aryl methyl sites for hydroxylation is 1. The molecule has 1 heteroatoms. The van der Waals surface area contributed by atoms with Crippen molar-refractivity contribution < 1.29 is 0 Å². The number of likely N-dealkylation sites (tertiary alicyclic amines) is 1. The van der Waals surface area contributed by atoms with Gasteiger partial charge in [0.25, 0.3) is 0 Å². The van der Waals surface area contributed by atoms with Crippen molar-refractivity contribution in [2.75, 3.05) is 20.1 Å². The van der Waals surface area contributed by atoms with Crippen molar-refractivity contribution in [3.8, 4) is 0 Å². The minimum Gasteiger partial charge on any atom is -0.306 e. The maximum Gasteiger partial charge on any atom is -0.00190 e. The lowest BCUT2D eigenvalue weighted by Crippen LogP contribution is -2.30. The lowest BCUT2D eigenvalue weighted by atomic mass is 9.90. The van der Waals surface area contributed by atoms with Gasteiger partial charge in [0.2, 0.25) is 0 Å². The van der Waals surface area contributed by atoms with E-state index in [1.54, 1.807) is 0 Å². The van der Waals surface area contributed by atoms with E-state index in [0.29, 0.717) is 0 Å². The summed E-state index contributed by atoms with van der Waals surface area (Å²) in [6.07, 6.45) is 4.00. The number of benzene rings is 1. The first-order valence-corrected chi connectivity index (χ1v) is 5.98. The fraction of sp³-hybridized carbons (Fsp3) is 0.571. The van der Waals surface area contributed by atoms with Crippen LogP contribution in [0.5, 0.6) is 0 Å². The molecule has 1 fully saturated rings. The third-order valence-electron chi connectivity index (χ3n) is 3.48. The molecule has 1 nitrogen and oxygen atoms in total. The summed E-state index contributed by atoms with van der Waals surface area (Å²) >= 11 is 0. The fourth-order valence-corrected chi connectivity index (χ4v) is 2.32. The minimum atomic E-state index is 0.906. The Kier molecular flexibility index (Phi) is 3.42. The van der Waals surface area contributed by atoms with Crippen molar-refractivity contribution in [1.29, 1.82) is 0 Å². The molecule has 1 saturated heterocycles. The zero-order chi connectivity index (χ0) is 10.7. The van der Waals surface area contributed by atoms with Crippen LogP contribution < -0.4 is 0 Å². The van der Waals surface area contributed by atoms with E-state index >= 15 is 0 Å². The van der Waals surface area contributed by atoms with Gasteiger partial charge in [0.1, 0.15) is 0 Å². The van der Waals surface area contributed by atoms with E-state index in [-0.39, 0.29) is 0 Å². The van der Waals surface area contributed by atoms with Crippen LogP contribution in [0.1, 0.15) is 24.0 Å². The zero-order valence-corrected chi connectivity index (χ0v) is 9.87. The predicted octanol–water partition coefficient (Wildman–Crippen LogP) is 2.88. The van der Waals surface area contributed by atoms with Crippen LogP contribution >= 0.6 is 0 Å². The third-order valence-corrected chi connectivity index (χ3v) is 3.48. The molecule has 2 rings (SSSR count).